The van der Waals surface area contributed by atoms with E-state index in [1.165, 1.54) is 0 Å². The molecule has 0 aliphatic carbocycles. The molecular formula is C13H18N2O3. The van der Waals surface area contributed by atoms with E-state index in [-0.39, 0.29) is 5.56 Å². The van der Waals surface area contributed by atoms with Gasteiger partial charge in [-0.2, -0.15) is 0 Å². The number of para-hydroxylation sites is 1. The molecule has 1 aromatic carbocycles. The Morgan fingerprint density at radius 1 is 1.50 bits per heavy atom. The molecule has 2 rings (SSSR count). The van der Waals surface area contributed by atoms with Gasteiger partial charge in [-0.3, -0.25) is 0 Å². The van der Waals surface area contributed by atoms with Gasteiger partial charge in [0, 0.05) is 13.1 Å². The monoisotopic (exact) mass is 250 g/mol. The van der Waals surface area contributed by atoms with Crippen molar-refractivity contribution in [2.45, 2.75) is 0 Å². The number of hydrogen-bond donors (Lipinski definition) is 1. The molecule has 0 spiro atoms. The van der Waals surface area contributed by atoms with Crippen molar-refractivity contribution in [2.75, 3.05) is 45.2 Å². The summed E-state index contributed by atoms with van der Waals surface area (Å²) in [5, 5.41) is 9.14. The van der Waals surface area contributed by atoms with Crippen LogP contribution in [0.15, 0.2) is 18.2 Å². The first-order chi connectivity index (χ1) is 8.59. The van der Waals surface area contributed by atoms with Crippen molar-refractivity contribution < 1.29 is 14.6 Å². The summed E-state index contributed by atoms with van der Waals surface area (Å²) in [6.45, 7) is 3.12. The molecule has 0 bridgehead atoms. The molecule has 0 aromatic heterocycles. The van der Waals surface area contributed by atoms with Crippen molar-refractivity contribution in [1.82, 2.24) is 4.90 Å². The number of hydrogen-bond acceptors (Lipinski definition) is 4. The number of carboxylic acid groups (broad SMARTS) is 1. The molecule has 1 aliphatic heterocycles. The van der Waals surface area contributed by atoms with Crippen LogP contribution in [-0.2, 0) is 0 Å². The molecule has 1 N–H and O–H groups in total. The van der Waals surface area contributed by atoms with Crippen molar-refractivity contribution in [3.05, 3.63) is 23.8 Å². The second-order valence-corrected chi connectivity index (χ2v) is 4.60. The minimum Gasteiger partial charge on any atom is -0.489 e. The van der Waals surface area contributed by atoms with Gasteiger partial charge in [0.1, 0.15) is 12.2 Å². The Hall–Kier alpha value is -1.75. The van der Waals surface area contributed by atoms with E-state index in [1.54, 1.807) is 12.1 Å². The first-order valence-corrected chi connectivity index (χ1v) is 5.98. The normalized spacial score (nSPS) is 14.3. The quantitative estimate of drug-likeness (QED) is 0.868. The molecule has 1 heterocycles. The van der Waals surface area contributed by atoms with Crippen LogP contribution in [-0.4, -0.2) is 56.3 Å². The lowest BCUT2D eigenvalue weighted by atomic mass is 10.1. The molecule has 0 unspecified atom stereocenters. The Bertz CT molecular complexity index is 446. The fraction of sp³-hybridized carbons (Fsp3) is 0.462. The zero-order valence-electron chi connectivity index (χ0n) is 10.7. The van der Waals surface area contributed by atoms with Gasteiger partial charge < -0.3 is 19.6 Å². The van der Waals surface area contributed by atoms with Crippen LogP contribution in [0.5, 0.6) is 5.75 Å². The molecular weight excluding hydrogens is 232 g/mol. The van der Waals surface area contributed by atoms with Gasteiger partial charge in [0.25, 0.3) is 0 Å². The van der Waals surface area contributed by atoms with Gasteiger partial charge in [-0.1, -0.05) is 6.07 Å². The van der Waals surface area contributed by atoms with Crippen molar-refractivity contribution >= 4 is 11.7 Å². The summed E-state index contributed by atoms with van der Waals surface area (Å²) in [6, 6.07) is 5.26. The summed E-state index contributed by atoms with van der Waals surface area (Å²) in [4.78, 5) is 15.4. The number of rotatable bonds is 4. The minimum atomic E-state index is -0.943. The number of carboxylic acids is 1. The fourth-order valence-electron chi connectivity index (χ4n) is 2.03. The average molecular weight is 250 g/mol. The Morgan fingerprint density at radius 2 is 2.28 bits per heavy atom. The van der Waals surface area contributed by atoms with Crippen LogP contribution in [0.25, 0.3) is 0 Å². The zero-order valence-corrected chi connectivity index (χ0v) is 10.7. The molecule has 0 saturated carbocycles. The highest BCUT2D eigenvalue weighted by atomic mass is 16.5. The van der Waals surface area contributed by atoms with E-state index < -0.39 is 5.97 Å². The molecule has 0 atom stereocenters. The van der Waals surface area contributed by atoms with E-state index in [4.69, 9.17) is 9.84 Å². The SMILES string of the molecule is CN(C)CCN1CCOc2c(C(=O)O)cccc21. The van der Waals surface area contributed by atoms with E-state index in [0.29, 0.717) is 12.4 Å². The average Bonchev–Trinajstić information content (AvgIpc) is 2.35. The van der Waals surface area contributed by atoms with E-state index in [0.717, 1.165) is 25.3 Å². The predicted octanol–water partition coefficient (Wildman–Crippen LogP) is 1.15. The number of nitrogens with zero attached hydrogens (tertiary/aromatic N) is 2. The summed E-state index contributed by atoms with van der Waals surface area (Å²) < 4.78 is 5.52. The molecule has 0 amide bonds. The minimum absolute atomic E-state index is 0.238. The first-order valence-electron chi connectivity index (χ1n) is 5.98. The van der Waals surface area contributed by atoms with Crippen molar-refractivity contribution in [1.29, 1.82) is 0 Å². The van der Waals surface area contributed by atoms with Gasteiger partial charge in [-0.05, 0) is 26.2 Å². The van der Waals surface area contributed by atoms with E-state index in [9.17, 15) is 4.79 Å². The fourth-order valence-corrected chi connectivity index (χ4v) is 2.03. The van der Waals surface area contributed by atoms with Crippen LogP contribution in [0.4, 0.5) is 5.69 Å². The van der Waals surface area contributed by atoms with Crippen molar-refractivity contribution in [3.63, 3.8) is 0 Å². The van der Waals surface area contributed by atoms with Gasteiger partial charge in [0.2, 0.25) is 0 Å². The Kier molecular flexibility index (Phi) is 3.72. The largest absolute Gasteiger partial charge is 0.489 e. The summed E-state index contributed by atoms with van der Waals surface area (Å²) >= 11 is 0. The summed E-state index contributed by atoms with van der Waals surface area (Å²) in [5.41, 5.74) is 1.12. The lowest BCUT2D eigenvalue weighted by Gasteiger charge is -2.32. The number of aromatic carboxylic acids is 1. The summed E-state index contributed by atoms with van der Waals surface area (Å²) in [7, 11) is 4.05. The van der Waals surface area contributed by atoms with Crippen molar-refractivity contribution in [3.8, 4) is 5.75 Å². The smallest absolute Gasteiger partial charge is 0.339 e. The van der Waals surface area contributed by atoms with Crippen LogP contribution in [0.1, 0.15) is 10.4 Å². The maximum Gasteiger partial charge on any atom is 0.339 e. The molecule has 5 nitrogen and oxygen atoms in total. The van der Waals surface area contributed by atoms with Crippen LogP contribution >= 0.6 is 0 Å². The van der Waals surface area contributed by atoms with Gasteiger partial charge >= 0.3 is 5.97 Å². The standard InChI is InChI=1S/C13H18N2O3/c1-14(2)6-7-15-8-9-18-12-10(13(16)17)4-3-5-11(12)15/h3-5H,6-9H2,1-2H3,(H,16,17). The highest BCUT2D eigenvalue weighted by Gasteiger charge is 2.23. The number of likely N-dealkylation sites (N-methyl/N-ethyl adjacent to an activating group) is 1. The van der Waals surface area contributed by atoms with Crippen LogP contribution in [0.2, 0.25) is 0 Å². The van der Waals surface area contributed by atoms with Crippen LogP contribution in [0, 0.1) is 0 Å². The van der Waals surface area contributed by atoms with Crippen LogP contribution in [0.3, 0.4) is 0 Å². The maximum absolute atomic E-state index is 11.1. The Morgan fingerprint density at radius 3 is 2.94 bits per heavy atom. The van der Waals surface area contributed by atoms with E-state index >= 15 is 0 Å². The number of benzene rings is 1. The van der Waals surface area contributed by atoms with Crippen LogP contribution < -0.4 is 9.64 Å². The number of fused-ring (bicyclic) bond motifs is 1. The second-order valence-electron chi connectivity index (χ2n) is 4.60. The Balaban J connectivity index is 2.26. The molecule has 18 heavy (non-hydrogen) atoms. The highest BCUT2D eigenvalue weighted by Crippen LogP contribution is 2.34. The molecule has 98 valence electrons. The second kappa shape index (κ2) is 5.27. The number of anilines is 1. The Labute approximate surface area is 107 Å². The predicted molar refractivity (Wildman–Crippen MR) is 69.7 cm³/mol. The van der Waals surface area contributed by atoms with Crippen molar-refractivity contribution in [2.24, 2.45) is 0 Å². The molecule has 0 saturated heterocycles. The lowest BCUT2D eigenvalue weighted by molar-refractivity contribution is 0.0692. The highest BCUT2D eigenvalue weighted by molar-refractivity contribution is 5.93. The molecule has 1 aliphatic rings. The van der Waals surface area contributed by atoms with E-state index in [2.05, 4.69) is 9.80 Å². The zero-order chi connectivity index (χ0) is 13.1. The van der Waals surface area contributed by atoms with Gasteiger partial charge in [0.05, 0.1) is 12.2 Å². The number of ether oxygens (including phenoxy) is 1. The number of carbonyl (C=O) groups is 1. The van der Waals surface area contributed by atoms with Gasteiger partial charge in [0.15, 0.2) is 5.75 Å². The lowest BCUT2D eigenvalue weighted by Crippen LogP contribution is -2.38. The third kappa shape index (κ3) is 2.56. The van der Waals surface area contributed by atoms with Gasteiger partial charge in [-0.25, -0.2) is 4.79 Å². The maximum atomic E-state index is 11.1. The summed E-state index contributed by atoms with van der Waals surface area (Å²) in [5.74, 6) is -0.448. The third-order valence-electron chi connectivity index (χ3n) is 2.99. The summed E-state index contributed by atoms with van der Waals surface area (Å²) in [6.07, 6.45) is 0. The molecule has 0 radical (unpaired) electrons. The molecule has 0 fully saturated rings. The molecule has 1 aromatic rings. The third-order valence-corrected chi connectivity index (χ3v) is 2.99. The molecule has 5 heteroatoms. The van der Waals surface area contributed by atoms with Gasteiger partial charge in [-0.15, -0.1) is 0 Å². The van der Waals surface area contributed by atoms with E-state index in [1.807, 2.05) is 20.2 Å². The topological polar surface area (TPSA) is 53.0 Å². The first kappa shape index (κ1) is 12.7.